The van der Waals surface area contributed by atoms with Crippen molar-refractivity contribution in [1.82, 2.24) is 20.0 Å². The molecule has 3 rings (SSSR count). The molecule has 1 fully saturated rings. The number of hydrogen-bond donors (Lipinski definition) is 2. The van der Waals surface area contributed by atoms with E-state index in [9.17, 15) is 9.59 Å². The molecule has 28 heavy (non-hydrogen) atoms. The van der Waals surface area contributed by atoms with Gasteiger partial charge >= 0.3 is 12.1 Å². The van der Waals surface area contributed by atoms with Crippen molar-refractivity contribution in [1.29, 1.82) is 0 Å². The van der Waals surface area contributed by atoms with Crippen molar-refractivity contribution in [2.75, 3.05) is 18.4 Å². The molecule has 1 aliphatic heterocycles. The van der Waals surface area contributed by atoms with Gasteiger partial charge in [-0.05, 0) is 17.9 Å². The van der Waals surface area contributed by atoms with Crippen molar-refractivity contribution in [3.8, 4) is 0 Å². The van der Waals surface area contributed by atoms with Crippen LogP contribution in [0.5, 0.6) is 0 Å². The van der Waals surface area contributed by atoms with Crippen molar-refractivity contribution in [2.45, 2.75) is 38.8 Å². The maximum absolute atomic E-state index is 12.3. The first-order chi connectivity index (χ1) is 13.4. The Kier molecular flexibility index (Phi) is 6.18. The van der Waals surface area contributed by atoms with Gasteiger partial charge in [-0.2, -0.15) is 5.10 Å². The second-order valence-corrected chi connectivity index (χ2v) is 7.30. The van der Waals surface area contributed by atoms with E-state index in [1.54, 1.807) is 16.6 Å². The van der Waals surface area contributed by atoms with E-state index >= 15 is 0 Å². The van der Waals surface area contributed by atoms with Crippen LogP contribution >= 0.6 is 0 Å². The molecule has 8 nitrogen and oxygen atoms in total. The van der Waals surface area contributed by atoms with Crippen LogP contribution in [0.15, 0.2) is 36.4 Å². The van der Waals surface area contributed by atoms with Crippen LogP contribution in [0.1, 0.15) is 37.4 Å². The minimum absolute atomic E-state index is 0.109. The maximum atomic E-state index is 12.3. The second kappa shape index (κ2) is 8.77. The number of urea groups is 1. The molecule has 0 unspecified atom stereocenters. The molecule has 1 aromatic carbocycles. The lowest BCUT2D eigenvalue weighted by atomic mass is 10.1. The summed E-state index contributed by atoms with van der Waals surface area (Å²) in [5, 5.41) is 10.1. The third-order valence-corrected chi connectivity index (χ3v) is 4.72. The molecule has 2 N–H and O–H groups in total. The topological polar surface area (TPSA) is 88.5 Å². The number of nitrogens with one attached hydrogen (secondary N) is 2. The van der Waals surface area contributed by atoms with Gasteiger partial charge < -0.3 is 15.0 Å². The van der Waals surface area contributed by atoms with Gasteiger partial charge in [0, 0.05) is 32.2 Å². The molecule has 0 radical (unpaired) electrons. The molecule has 2 aromatic rings. The van der Waals surface area contributed by atoms with Gasteiger partial charge in [0.25, 0.3) is 0 Å². The first-order valence-electron chi connectivity index (χ1n) is 9.49. The molecule has 0 aliphatic carbocycles. The van der Waals surface area contributed by atoms with E-state index in [-0.39, 0.29) is 30.7 Å². The SMILES string of the molecule is CC(C)c1cc(NC(=O)N[C@@H]2CCN(C(=O)OCc3ccccc3)C2)n(C)n1. The van der Waals surface area contributed by atoms with Gasteiger partial charge in [-0.25, -0.2) is 9.59 Å². The van der Waals surface area contributed by atoms with Crippen LogP contribution in [0.4, 0.5) is 15.4 Å². The molecule has 8 heteroatoms. The summed E-state index contributed by atoms with van der Waals surface area (Å²) < 4.78 is 7.00. The van der Waals surface area contributed by atoms with Crippen LogP contribution in [0, 0.1) is 0 Å². The van der Waals surface area contributed by atoms with Crippen LogP contribution in [-0.2, 0) is 18.4 Å². The Balaban J connectivity index is 1.45. The average Bonchev–Trinajstić information content (AvgIpc) is 3.28. The van der Waals surface area contributed by atoms with Gasteiger partial charge in [0.05, 0.1) is 5.69 Å². The zero-order valence-electron chi connectivity index (χ0n) is 16.5. The van der Waals surface area contributed by atoms with Crippen LogP contribution in [0.25, 0.3) is 0 Å². The highest BCUT2D eigenvalue weighted by atomic mass is 16.6. The molecule has 1 aliphatic rings. The predicted molar refractivity (Wildman–Crippen MR) is 106 cm³/mol. The summed E-state index contributed by atoms with van der Waals surface area (Å²) in [7, 11) is 1.79. The van der Waals surface area contributed by atoms with E-state index in [4.69, 9.17) is 4.74 Å². The number of benzene rings is 1. The van der Waals surface area contributed by atoms with Gasteiger partial charge in [-0.1, -0.05) is 44.2 Å². The minimum atomic E-state index is -0.359. The highest BCUT2D eigenvalue weighted by molar-refractivity contribution is 5.88. The van der Waals surface area contributed by atoms with Crippen LogP contribution in [-0.4, -0.2) is 45.9 Å². The van der Waals surface area contributed by atoms with Crippen LogP contribution < -0.4 is 10.6 Å². The quantitative estimate of drug-likeness (QED) is 0.828. The molecule has 0 spiro atoms. The number of carbonyl (C=O) groups excluding carboxylic acids is 2. The Hall–Kier alpha value is -3.03. The number of amides is 3. The molecule has 1 aromatic heterocycles. The number of rotatable bonds is 5. The number of carbonyl (C=O) groups is 2. The monoisotopic (exact) mass is 385 g/mol. The fraction of sp³-hybridized carbons (Fsp3) is 0.450. The van der Waals surface area contributed by atoms with E-state index in [0.29, 0.717) is 25.3 Å². The lowest BCUT2D eigenvalue weighted by Gasteiger charge is -2.17. The highest BCUT2D eigenvalue weighted by Gasteiger charge is 2.28. The Morgan fingerprint density at radius 1 is 1.29 bits per heavy atom. The first-order valence-corrected chi connectivity index (χ1v) is 9.49. The number of anilines is 1. The molecule has 150 valence electrons. The number of likely N-dealkylation sites (tertiary alicyclic amines) is 1. The van der Waals surface area contributed by atoms with Crippen molar-refractivity contribution in [3.05, 3.63) is 47.7 Å². The fourth-order valence-corrected chi connectivity index (χ4v) is 3.08. The third-order valence-electron chi connectivity index (χ3n) is 4.72. The second-order valence-electron chi connectivity index (χ2n) is 7.30. The van der Waals surface area contributed by atoms with Gasteiger partial charge in [0.2, 0.25) is 0 Å². The molecule has 1 atom stereocenters. The predicted octanol–water partition coefficient (Wildman–Crippen LogP) is 3.08. The number of aromatic nitrogens is 2. The number of aryl methyl sites for hydroxylation is 1. The summed E-state index contributed by atoms with van der Waals surface area (Å²) >= 11 is 0. The number of hydrogen-bond acceptors (Lipinski definition) is 4. The minimum Gasteiger partial charge on any atom is -0.445 e. The molecular formula is C20H27N5O3. The van der Waals surface area contributed by atoms with Crippen molar-refractivity contribution < 1.29 is 14.3 Å². The van der Waals surface area contributed by atoms with E-state index in [1.165, 1.54) is 0 Å². The summed E-state index contributed by atoms with van der Waals surface area (Å²) in [5.74, 6) is 0.924. The Morgan fingerprint density at radius 3 is 2.71 bits per heavy atom. The molecule has 0 bridgehead atoms. The van der Waals surface area contributed by atoms with Gasteiger partial charge in [0.1, 0.15) is 12.4 Å². The Labute approximate surface area is 164 Å². The number of nitrogens with zero attached hydrogens (tertiary/aromatic N) is 3. The van der Waals surface area contributed by atoms with Crippen LogP contribution in [0.3, 0.4) is 0 Å². The zero-order valence-corrected chi connectivity index (χ0v) is 16.5. The Bertz CT molecular complexity index is 819. The lowest BCUT2D eigenvalue weighted by Crippen LogP contribution is -2.41. The summed E-state index contributed by atoms with van der Waals surface area (Å²) in [5.41, 5.74) is 1.87. The largest absolute Gasteiger partial charge is 0.445 e. The summed E-state index contributed by atoms with van der Waals surface area (Å²) in [4.78, 5) is 26.1. The average molecular weight is 385 g/mol. The molecular weight excluding hydrogens is 358 g/mol. The summed E-state index contributed by atoms with van der Waals surface area (Å²) in [6.45, 7) is 5.34. The third kappa shape index (κ3) is 5.03. The summed E-state index contributed by atoms with van der Waals surface area (Å²) in [6.07, 6.45) is 0.331. The van der Waals surface area contributed by atoms with Crippen molar-refractivity contribution in [3.63, 3.8) is 0 Å². The van der Waals surface area contributed by atoms with Crippen molar-refractivity contribution in [2.24, 2.45) is 7.05 Å². The van der Waals surface area contributed by atoms with Gasteiger partial charge in [-0.3, -0.25) is 10.00 Å². The fourth-order valence-electron chi connectivity index (χ4n) is 3.08. The molecule has 1 saturated heterocycles. The van der Waals surface area contributed by atoms with Crippen LogP contribution in [0.2, 0.25) is 0 Å². The van der Waals surface area contributed by atoms with Gasteiger partial charge in [0.15, 0.2) is 0 Å². The van der Waals surface area contributed by atoms with E-state index in [2.05, 4.69) is 29.6 Å². The normalized spacial score (nSPS) is 16.3. The zero-order chi connectivity index (χ0) is 20.1. The van der Waals surface area contributed by atoms with Crippen molar-refractivity contribution >= 4 is 17.9 Å². The molecule has 3 amide bonds. The standard InChI is InChI=1S/C20H27N5O3/c1-14(2)17-11-18(24(3)23-17)22-19(26)21-16-9-10-25(12-16)20(27)28-13-15-7-5-4-6-8-15/h4-8,11,14,16H,9-10,12-13H2,1-3H3,(H2,21,22,26)/t16-/m1/s1. The lowest BCUT2D eigenvalue weighted by molar-refractivity contribution is 0.103. The van der Waals surface area contributed by atoms with E-state index in [0.717, 1.165) is 11.3 Å². The van der Waals surface area contributed by atoms with E-state index in [1.807, 2.05) is 36.4 Å². The highest BCUT2D eigenvalue weighted by Crippen LogP contribution is 2.17. The smallest absolute Gasteiger partial charge is 0.410 e. The Morgan fingerprint density at radius 2 is 2.04 bits per heavy atom. The maximum Gasteiger partial charge on any atom is 0.410 e. The van der Waals surface area contributed by atoms with Gasteiger partial charge in [-0.15, -0.1) is 0 Å². The summed E-state index contributed by atoms with van der Waals surface area (Å²) in [6, 6.07) is 11.0. The number of ether oxygens (including phenoxy) is 1. The van der Waals surface area contributed by atoms with E-state index < -0.39 is 0 Å². The molecule has 2 heterocycles. The first kappa shape index (κ1) is 19.7. The molecule has 0 saturated carbocycles.